The van der Waals surface area contributed by atoms with Gasteiger partial charge in [0.1, 0.15) is 0 Å². The predicted molar refractivity (Wildman–Crippen MR) is 51.1 cm³/mol. The standard InChI is InChI=1S/C10H12F3NO2/c11-8-1-6(2-9(12)10(8)13)3-14-7(4-15)5-16/h1-2,7,14-16H,3-5H2. The molecule has 0 fully saturated rings. The highest BCUT2D eigenvalue weighted by atomic mass is 19.2. The van der Waals surface area contributed by atoms with Gasteiger partial charge in [0.15, 0.2) is 17.5 Å². The summed E-state index contributed by atoms with van der Waals surface area (Å²) in [5, 5.41) is 20.1. The molecule has 1 rings (SSSR count). The normalized spacial score (nSPS) is 11.1. The molecule has 1 aromatic rings. The number of benzene rings is 1. The SMILES string of the molecule is OCC(CO)NCc1cc(F)c(F)c(F)c1. The van der Waals surface area contributed by atoms with Crippen LogP contribution < -0.4 is 5.32 Å². The molecular weight excluding hydrogens is 223 g/mol. The molecule has 0 aliphatic heterocycles. The van der Waals surface area contributed by atoms with Crippen LogP contribution in [0.3, 0.4) is 0 Å². The lowest BCUT2D eigenvalue weighted by Crippen LogP contribution is -2.35. The van der Waals surface area contributed by atoms with Gasteiger partial charge in [0.25, 0.3) is 0 Å². The first-order valence-electron chi connectivity index (χ1n) is 4.67. The summed E-state index contributed by atoms with van der Waals surface area (Å²) in [6.07, 6.45) is 0. The van der Waals surface area contributed by atoms with Crippen molar-refractivity contribution in [1.82, 2.24) is 5.32 Å². The summed E-state index contributed by atoms with van der Waals surface area (Å²) in [6.45, 7) is -0.578. The van der Waals surface area contributed by atoms with E-state index in [1.807, 2.05) is 0 Å². The summed E-state index contributed by atoms with van der Waals surface area (Å²) >= 11 is 0. The van der Waals surface area contributed by atoms with Gasteiger partial charge in [0.05, 0.1) is 19.3 Å². The highest BCUT2D eigenvalue weighted by Crippen LogP contribution is 2.13. The smallest absolute Gasteiger partial charge is 0.194 e. The molecule has 3 N–H and O–H groups in total. The van der Waals surface area contributed by atoms with Gasteiger partial charge in [-0.25, -0.2) is 13.2 Å². The van der Waals surface area contributed by atoms with Gasteiger partial charge >= 0.3 is 0 Å². The van der Waals surface area contributed by atoms with Crippen molar-refractivity contribution >= 4 is 0 Å². The van der Waals surface area contributed by atoms with Crippen LogP contribution in [0, 0.1) is 17.5 Å². The van der Waals surface area contributed by atoms with Crippen LogP contribution >= 0.6 is 0 Å². The van der Waals surface area contributed by atoms with Crippen molar-refractivity contribution in [1.29, 1.82) is 0 Å². The van der Waals surface area contributed by atoms with Crippen molar-refractivity contribution in [2.45, 2.75) is 12.6 Å². The Balaban J connectivity index is 2.68. The Hall–Kier alpha value is -1.11. The molecule has 0 radical (unpaired) electrons. The van der Waals surface area contributed by atoms with Gasteiger partial charge in [-0.2, -0.15) is 0 Å². The summed E-state index contributed by atoms with van der Waals surface area (Å²) in [4.78, 5) is 0. The Bertz CT molecular complexity index is 333. The summed E-state index contributed by atoms with van der Waals surface area (Å²) < 4.78 is 38.2. The maximum absolute atomic E-state index is 12.8. The van der Waals surface area contributed by atoms with Crippen LogP contribution in [0.15, 0.2) is 12.1 Å². The van der Waals surface area contributed by atoms with E-state index in [1.54, 1.807) is 0 Å². The first kappa shape index (κ1) is 13.0. The molecule has 1 aromatic carbocycles. The van der Waals surface area contributed by atoms with E-state index in [9.17, 15) is 13.2 Å². The Kier molecular flexibility index (Phi) is 4.72. The fourth-order valence-electron chi connectivity index (χ4n) is 1.16. The van der Waals surface area contributed by atoms with Crippen molar-refractivity contribution in [3.63, 3.8) is 0 Å². The first-order chi connectivity index (χ1) is 7.58. The second-order valence-corrected chi connectivity index (χ2v) is 3.32. The fraction of sp³-hybridized carbons (Fsp3) is 0.400. The van der Waals surface area contributed by atoms with E-state index in [0.29, 0.717) is 0 Å². The van der Waals surface area contributed by atoms with Crippen molar-refractivity contribution in [3.05, 3.63) is 35.1 Å². The predicted octanol–water partition coefficient (Wildman–Crippen LogP) is 0.547. The zero-order chi connectivity index (χ0) is 12.1. The topological polar surface area (TPSA) is 52.5 Å². The average molecular weight is 235 g/mol. The largest absolute Gasteiger partial charge is 0.395 e. The first-order valence-corrected chi connectivity index (χ1v) is 4.67. The minimum atomic E-state index is -1.51. The zero-order valence-electron chi connectivity index (χ0n) is 8.38. The molecule has 16 heavy (non-hydrogen) atoms. The molecule has 90 valence electrons. The van der Waals surface area contributed by atoms with Crippen molar-refractivity contribution in [3.8, 4) is 0 Å². The van der Waals surface area contributed by atoms with Crippen molar-refractivity contribution < 1.29 is 23.4 Å². The van der Waals surface area contributed by atoms with Crippen LogP contribution in [0.4, 0.5) is 13.2 Å². The van der Waals surface area contributed by atoms with Gasteiger partial charge in [0.2, 0.25) is 0 Å². The molecule has 0 aliphatic rings. The van der Waals surface area contributed by atoms with Crippen molar-refractivity contribution in [2.75, 3.05) is 13.2 Å². The van der Waals surface area contributed by atoms with Gasteiger partial charge in [-0.05, 0) is 17.7 Å². The molecule has 0 aliphatic carbocycles. The van der Waals surface area contributed by atoms with Gasteiger partial charge < -0.3 is 15.5 Å². The highest BCUT2D eigenvalue weighted by Gasteiger charge is 2.11. The Morgan fingerprint density at radius 3 is 2.00 bits per heavy atom. The maximum Gasteiger partial charge on any atom is 0.194 e. The zero-order valence-corrected chi connectivity index (χ0v) is 8.38. The van der Waals surface area contributed by atoms with E-state index in [4.69, 9.17) is 10.2 Å². The summed E-state index contributed by atoms with van der Waals surface area (Å²) in [5.41, 5.74) is 0.198. The highest BCUT2D eigenvalue weighted by molar-refractivity contribution is 5.19. The molecule has 0 unspecified atom stereocenters. The second kappa shape index (κ2) is 5.83. The number of nitrogens with one attached hydrogen (secondary N) is 1. The third-order valence-electron chi connectivity index (χ3n) is 2.08. The molecule has 3 nitrogen and oxygen atoms in total. The third-order valence-corrected chi connectivity index (χ3v) is 2.08. The van der Waals surface area contributed by atoms with Crippen LogP contribution in [0.25, 0.3) is 0 Å². The van der Waals surface area contributed by atoms with E-state index in [2.05, 4.69) is 5.32 Å². The van der Waals surface area contributed by atoms with Crippen LogP contribution in [-0.2, 0) is 6.54 Å². The summed E-state index contributed by atoms with van der Waals surface area (Å²) in [7, 11) is 0. The lowest BCUT2D eigenvalue weighted by atomic mass is 10.2. The van der Waals surface area contributed by atoms with Crippen LogP contribution in [0.2, 0.25) is 0 Å². The third kappa shape index (κ3) is 3.19. The number of rotatable bonds is 5. The van der Waals surface area contributed by atoms with Crippen LogP contribution in [0.5, 0.6) is 0 Å². The molecule has 0 spiro atoms. The molecular formula is C10H12F3NO2. The van der Waals surface area contributed by atoms with Gasteiger partial charge in [0, 0.05) is 6.54 Å². The molecule has 6 heteroatoms. The minimum absolute atomic E-state index is 0.0277. The fourth-order valence-corrected chi connectivity index (χ4v) is 1.16. The summed E-state index contributed by atoms with van der Waals surface area (Å²) in [6, 6.07) is 1.14. The summed E-state index contributed by atoms with van der Waals surface area (Å²) in [5.74, 6) is -4.03. The number of aliphatic hydroxyl groups is 2. The molecule has 0 heterocycles. The van der Waals surface area contributed by atoms with Gasteiger partial charge in [-0.15, -0.1) is 0 Å². The van der Waals surface area contributed by atoms with E-state index >= 15 is 0 Å². The Morgan fingerprint density at radius 1 is 1.06 bits per heavy atom. The molecule has 0 saturated heterocycles. The minimum Gasteiger partial charge on any atom is -0.395 e. The lowest BCUT2D eigenvalue weighted by molar-refractivity contribution is 0.170. The molecule has 0 atom stereocenters. The molecule has 0 amide bonds. The van der Waals surface area contributed by atoms with Crippen LogP contribution in [-0.4, -0.2) is 29.5 Å². The number of aliphatic hydroxyl groups excluding tert-OH is 2. The molecule has 0 bridgehead atoms. The monoisotopic (exact) mass is 235 g/mol. The van der Waals surface area contributed by atoms with Gasteiger partial charge in [-0.3, -0.25) is 0 Å². The van der Waals surface area contributed by atoms with Crippen molar-refractivity contribution in [2.24, 2.45) is 0 Å². The van der Waals surface area contributed by atoms with E-state index in [1.165, 1.54) is 0 Å². The molecule has 0 aromatic heterocycles. The average Bonchev–Trinajstić information content (AvgIpc) is 2.27. The Labute approximate surface area is 90.5 Å². The van der Waals surface area contributed by atoms with E-state index < -0.39 is 23.5 Å². The number of hydrogen-bond acceptors (Lipinski definition) is 3. The quantitative estimate of drug-likeness (QED) is 0.653. The molecule has 0 saturated carbocycles. The lowest BCUT2D eigenvalue weighted by Gasteiger charge is -2.13. The number of halogens is 3. The Morgan fingerprint density at radius 2 is 1.56 bits per heavy atom. The maximum atomic E-state index is 12.8. The van der Waals surface area contributed by atoms with Crippen LogP contribution in [0.1, 0.15) is 5.56 Å². The van der Waals surface area contributed by atoms with Gasteiger partial charge in [-0.1, -0.05) is 0 Å². The van der Waals surface area contributed by atoms with E-state index in [0.717, 1.165) is 12.1 Å². The van der Waals surface area contributed by atoms with E-state index in [-0.39, 0.29) is 25.3 Å². The number of hydrogen-bond donors (Lipinski definition) is 3. The second-order valence-electron chi connectivity index (χ2n) is 3.32.